The standard InChI is InChI=1S/C24H18N6O2/c31-23(13-5-6-13)26-16-9-15(11-25-12-16)14-7-8-20-18(10-14)21(30-29-20)22-27-19-4-2-1-3-17(19)24(32)28-22/h1-4,7-13H,5-6H2,(H,26,31)(H,29,30)(H,27,28,32). The Kier molecular flexibility index (Phi) is 4.10. The fraction of sp³-hybridized carbons (Fsp3) is 0.125. The summed E-state index contributed by atoms with van der Waals surface area (Å²) in [7, 11) is 0. The quantitative estimate of drug-likeness (QED) is 0.406. The van der Waals surface area contributed by atoms with Gasteiger partial charge in [0.25, 0.3) is 5.56 Å². The number of carbonyl (C=O) groups is 1. The monoisotopic (exact) mass is 422 g/mol. The van der Waals surface area contributed by atoms with Crippen molar-refractivity contribution in [3.05, 3.63) is 71.3 Å². The molecule has 32 heavy (non-hydrogen) atoms. The van der Waals surface area contributed by atoms with Crippen LogP contribution in [0.25, 0.3) is 44.5 Å². The highest BCUT2D eigenvalue weighted by Gasteiger charge is 2.29. The number of carbonyl (C=O) groups excluding carboxylic acids is 1. The number of nitrogens with zero attached hydrogens (tertiary/aromatic N) is 3. The lowest BCUT2D eigenvalue weighted by Gasteiger charge is -2.07. The van der Waals surface area contributed by atoms with Gasteiger partial charge in [0.15, 0.2) is 5.82 Å². The summed E-state index contributed by atoms with van der Waals surface area (Å²) in [6.45, 7) is 0. The van der Waals surface area contributed by atoms with Crippen molar-refractivity contribution >= 4 is 33.4 Å². The molecule has 0 aliphatic heterocycles. The van der Waals surface area contributed by atoms with E-state index in [0.717, 1.165) is 34.9 Å². The van der Waals surface area contributed by atoms with Crippen molar-refractivity contribution in [3.63, 3.8) is 0 Å². The van der Waals surface area contributed by atoms with Crippen LogP contribution in [0.2, 0.25) is 0 Å². The number of para-hydroxylation sites is 1. The summed E-state index contributed by atoms with van der Waals surface area (Å²) < 4.78 is 0. The van der Waals surface area contributed by atoms with Gasteiger partial charge in [0.05, 0.1) is 28.3 Å². The summed E-state index contributed by atoms with van der Waals surface area (Å²) in [5, 5.41) is 11.7. The topological polar surface area (TPSA) is 116 Å². The smallest absolute Gasteiger partial charge is 0.281 e. The SMILES string of the molecule is O=C(Nc1cncc(-c2ccc3[nH]nc(-c4nc(=O)c5ccccc5[nH]4)c3c2)c1)C1CC1. The Morgan fingerprint density at radius 2 is 1.84 bits per heavy atom. The summed E-state index contributed by atoms with van der Waals surface area (Å²) >= 11 is 0. The Balaban J connectivity index is 1.42. The Bertz CT molecular complexity index is 1560. The van der Waals surface area contributed by atoms with E-state index >= 15 is 0 Å². The van der Waals surface area contributed by atoms with E-state index in [1.54, 1.807) is 18.5 Å². The maximum absolute atomic E-state index is 12.5. The molecule has 5 aromatic rings. The number of hydrogen-bond donors (Lipinski definition) is 3. The average molecular weight is 422 g/mol. The Labute approximate surface area is 181 Å². The minimum Gasteiger partial charge on any atom is -0.338 e. The molecule has 0 spiro atoms. The molecule has 1 saturated carbocycles. The summed E-state index contributed by atoms with van der Waals surface area (Å²) in [4.78, 5) is 36.3. The number of anilines is 1. The van der Waals surface area contributed by atoms with Crippen LogP contribution in [0.4, 0.5) is 5.69 Å². The van der Waals surface area contributed by atoms with Gasteiger partial charge in [-0.3, -0.25) is 19.7 Å². The van der Waals surface area contributed by atoms with Gasteiger partial charge in [-0.2, -0.15) is 10.1 Å². The van der Waals surface area contributed by atoms with Crippen LogP contribution in [0.15, 0.2) is 65.7 Å². The molecule has 0 unspecified atom stereocenters. The predicted octanol–water partition coefficient (Wildman–Crippen LogP) is 3.88. The highest BCUT2D eigenvalue weighted by atomic mass is 16.2. The van der Waals surface area contributed by atoms with Crippen LogP contribution in [-0.4, -0.2) is 31.1 Å². The maximum Gasteiger partial charge on any atom is 0.281 e. The molecule has 0 atom stereocenters. The van der Waals surface area contributed by atoms with E-state index < -0.39 is 0 Å². The fourth-order valence-corrected chi connectivity index (χ4v) is 3.84. The van der Waals surface area contributed by atoms with Crippen molar-refractivity contribution in [1.29, 1.82) is 0 Å². The fourth-order valence-electron chi connectivity index (χ4n) is 3.84. The lowest BCUT2D eigenvalue weighted by molar-refractivity contribution is -0.117. The van der Waals surface area contributed by atoms with Gasteiger partial charge in [-0.1, -0.05) is 18.2 Å². The molecule has 3 aromatic heterocycles. The van der Waals surface area contributed by atoms with Crippen LogP contribution in [-0.2, 0) is 4.79 Å². The largest absolute Gasteiger partial charge is 0.338 e. The number of aromatic nitrogens is 5. The second kappa shape index (κ2) is 7.12. The number of hydrogen-bond acceptors (Lipinski definition) is 5. The van der Waals surface area contributed by atoms with Crippen molar-refractivity contribution in [2.45, 2.75) is 12.8 Å². The normalized spacial score (nSPS) is 13.5. The number of fused-ring (bicyclic) bond motifs is 2. The Hall–Kier alpha value is -4.33. The molecule has 1 fully saturated rings. The van der Waals surface area contributed by atoms with E-state index in [-0.39, 0.29) is 17.4 Å². The van der Waals surface area contributed by atoms with E-state index in [1.165, 1.54) is 0 Å². The van der Waals surface area contributed by atoms with E-state index in [9.17, 15) is 9.59 Å². The van der Waals surface area contributed by atoms with Crippen molar-refractivity contribution in [3.8, 4) is 22.6 Å². The predicted molar refractivity (Wildman–Crippen MR) is 122 cm³/mol. The average Bonchev–Trinajstić information content (AvgIpc) is 3.58. The molecule has 3 heterocycles. The third-order valence-corrected chi connectivity index (χ3v) is 5.70. The molecule has 3 N–H and O–H groups in total. The third kappa shape index (κ3) is 3.22. The molecule has 156 valence electrons. The Morgan fingerprint density at radius 3 is 2.72 bits per heavy atom. The lowest BCUT2D eigenvalue weighted by atomic mass is 10.0. The first-order valence-electron chi connectivity index (χ1n) is 10.4. The molecule has 0 bridgehead atoms. The first-order valence-corrected chi connectivity index (χ1v) is 10.4. The van der Waals surface area contributed by atoms with Gasteiger partial charge >= 0.3 is 0 Å². The van der Waals surface area contributed by atoms with Gasteiger partial charge in [-0.05, 0) is 48.7 Å². The zero-order valence-electron chi connectivity index (χ0n) is 16.9. The number of nitrogens with one attached hydrogen (secondary N) is 3. The first kappa shape index (κ1) is 18.4. The van der Waals surface area contributed by atoms with Crippen molar-refractivity contribution in [1.82, 2.24) is 25.1 Å². The summed E-state index contributed by atoms with van der Waals surface area (Å²) in [6, 6.07) is 15.0. The molecular formula is C24H18N6O2. The van der Waals surface area contributed by atoms with Crippen LogP contribution in [0.1, 0.15) is 12.8 Å². The zero-order chi connectivity index (χ0) is 21.7. The molecule has 0 saturated heterocycles. The van der Waals surface area contributed by atoms with Crippen LogP contribution in [0, 0.1) is 5.92 Å². The third-order valence-electron chi connectivity index (χ3n) is 5.70. The zero-order valence-corrected chi connectivity index (χ0v) is 16.9. The molecule has 8 heteroatoms. The van der Waals surface area contributed by atoms with Gasteiger partial charge < -0.3 is 10.3 Å². The Morgan fingerprint density at radius 1 is 0.969 bits per heavy atom. The number of H-pyrrole nitrogens is 2. The molecule has 1 aliphatic carbocycles. The van der Waals surface area contributed by atoms with Gasteiger partial charge in [0.1, 0.15) is 5.69 Å². The molecule has 6 rings (SSSR count). The van der Waals surface area contributed by atoms with E-state index in [4.69, 9.17) is 0 Å². The maximum atomic E-state index is 12.5. The number of rotatable bonds is 4. The summed E-state index contributed by atoms with van der Waals surface area (Å²) in [5.74, 6) is 0.573. The molecular weight excluding hydrogens is 404 g/mol. The highest BCUT2D eigenvalue weighted by molar-refractivity contribution is 5.96. The second-order valence-corrected chi connectivity index (χ2v) is 7.99. The van der Waals surface area contributed by atoms with E-state index in [1.807, 2.05) is 42.5 Å². The van der Waals surface area contributed by atoms with Gasteiger partial charge in [0.2, 0.25) is 5.91 Å². The van der Waals surface area contributed by atoms with Crippen molar-refractivity contribution in [2.24, 2.45) is 5.92 Å². The van der Waals surface area contributed by atoms with Crippen LogP contribution in [0.5, 0.6) is 0 Å². The molecule has 0 radical (unpaired) electrons. The lowest BCUT2D eigenvalue weighted by Crippen LogP contribution is -2.13. The number of amides is 1. The molecule has 8 nitrogen and oxygen atoms in total. The van der Waals surface area contributed by atoms with Crippen molar-refractivity contribution in [2.75, 3.05) is 5.32 Å². The second-order valence-electron chi connectivity index (χ2n) is 7.99. The minimum atomic E-state index is -0.301. The van der Waals surface area contributed by atoms with Gasteiger partial charge in [0, 0.05) is 23.1 Å². The van der Waals surface area contributed by atoms with E-state index in [2.05, 4.69) is 30.5 Å². The highest BCUT2D eigenvalue weighted by Crippen LogP contribution is 2.32. The van der Waals surface area contributed by atoms with Crippen LogP contribution in [0.3, 0.4) is 0 Å². The van der Waals surface area contributed by atoms with Crippen molar-refractivity contribution < 1.29 is 4.79 Å². The van der Waals surface area contributed by atoms with Crippen LogP contribution < -0.4 is 10.9 Å². The number of benzene rings is 2. The van der Waals surface area contributed by atoms with Crippen LogP contribution >= 0.6 is 0 Å². The molecule has 2 aromatic carbocycles. The van der Waals surface area contributed by atoms with Gasteiger partial charge in [-0.25, -0.2) is 0 Å². The molecule has 1 amide bonds. The minimum absolute atomic E-state index is 0.0443. The molecule has 1 aliphatic rings. The first-order chi connectivity index (χ1) is 15.7. The van der Waals surface area contributed by atoms with Gasteiger partial charge in [-0.15, -0.1) is 0 Å². The number of aromatic amines is 2. The number of pyridine rings is 1. The van der Waals surface area contributed by atoms with E-state index in [0.29, 0.717) is 28.1 Å². The summed E-state index contributed by atoms with van der Waals surface area (Å²) in [5.41, 5.74) is 4.25. The summed E-state index contributed by atoms with van der Waals surface area (Å²) in [6.07, 6.45) is 5.30.